The molecular weight excluding hydrogens is 202 g/mol. The van der Waals surface area contributed by atoms with E-state index in [1.54, 1.807) is 6.20 Å². The molecule has 0 bridgehead atoms. The van der Waals surface area contributed by atoms with Gasteiger partial charge in [0.05, 0.1) is 12.6 Å². The summed E-state index contributed by atoms with van der Waals surface area (Å²) in [5, 5.41) is 12.9. The Morgan fingerprint density at radius 1 is 1.44 bits per heavy atom. The maximum atomic E-state index is 9.53. The second kappa shape index (κ2) is 5.94. The molecule has 1 fully saturated rings. The molecule has 4 nitrogen and oxygen atoms in total. The molecule has 88 valence electrons. The van der Waals surface area contributed by atoms with Gasteiger partial charge in [0, 0.05) is 32.0 Å². The van der Waals surface area contributed by atoms with Gasteiger partial charge in [-0.3, -0.25) is 9.88 Å². The Hall–Kier alpha value is -0.970. The third-order valence-corrected chi connectivity index (χ3v) is 3.06. The lowest BCUT2D eigenvalue weighted by Gasteiger charge is -2.28. The number of pyridine rings is 1. The normalized spacial score (nSPS) is 20.3. The maximum Gasteiger partial charge on any atom is 0.0629 e. The summed E-state index contributed by atoms with van der Waals surface area (Å²) in [6.07, 6.45) is 4.75. The summed E-state index contributed by atoms with van der Waals surface area (Å²) in [7, 11) is 0. The largest absolute Gasteiger partial charge is 0.394 e. The van der Waals surface area contributed by atoms with Crippen molar-refractivity contribution in [1.82, 2.24) is 15.2 Å². The van der Waals surface area contributed by atoms with Gasteiger partial charge in [0.15, 0.2) is 0 Å². The Kier molecular flexibility index (Phi) is 4.27. The van der Waals surface area contributed by atoms with Crippen molar-refractivity contribution >= 4 is 0 Å². The Labute approximate surface area is 96.3 Å². The van der Waals surface area contributed by atoms with Crippen molar-refractivity contribution in [3.05, 3.63) is 30.1 Å². The van der Waals surface area contributed by atoms with Crippen LogP contribution in [-0.2, 0) is 0 Å². The summed E-state index contributed by atoms with van der Waals surface area (Å²) in [4.78, 5) is 6.45. The first-order chi connectivity index (χ1) is 7.92. The molecule has 1 aromatic rings. The zero-order valence-electron chi connectivity index (χ0n) is 9.47. The zero-order chi connectivity index (χ0) is 11.2. The molecule has 2 N–H and O–H groups in total. The van der Waals surface area contributed by atoms with Crippen LogP contribution in [0.2, 0.25) is 0 Å². The first kappa shape index (κ1) is 11.5. The Balaban J connectivity index is 2.09. The van der Waals surface area contributed by atoms with Gasteiger partial charge < -0.3 is 10.4 Å². The van der Waals surface area contributed by atoms with Crippen LogP contribution in [0.5, 0.6) is 0 Å². The SMILES string of the molecule is OCC(c1cccnc1)N1CCCNCC1. The van der Waals surface area contributed by atoms with Gasteiger partial charge in [0.25, 0.3) is 0 Å². The van der Waals surface area contributed by atoms with E-state index in [4.69, 9.17) is 0 Å². The highest BCUT2D eigenvalue weighted by molar-refractivity contribution is 5.14. The molecule has 2 heterocycles. The van der Waals surface area contributed by atoms with Crippen LogP contribution in [0.15, 0.2) is 24.5 Å². The molecule has 0 aliphatic carbocycles. The highest BCUT2D eigenvalue weighted by Gasteiger charge is 2.20. The topological polar surface area (TPSA) is 48.4 Å². The summed E-state index contributed by atoms with van der Waals surface area (Å²) in [6, 6.07) is 4.05. The molecule has 1 aromatic heterocycles. The van der Waals surface area contributed by atoms with Crippen LogP contribution in [0.1, 0.15) is 18.0 Å². The van der Waals surface area contributed by atoms with Gasteiger partial charge in [-0.1, -0.05) is 6.07 Å². The highest BCUT2D eigenvalue weighted by Crippen LogP contribution is 2.19. The monoisotopic (exact) mass is 221 g/mol. The highest BCUT2D eigenvalue weighted by atomic mass is 16.3. The Bertz CT molecular complexity index is 296. The van der Waals surface area contributed by atoms with E-state index in [0.29, 0.717) is 0 Å². The number of aromatic nitrogens is 1. The molecule has 0 amide bonds. The molecule has 0 radical (unpaired) electrons. The molecular formula is C12H19N3O. The molecule has 0 spiro atoms. The van der Waals surface area contributed by atoms with Crippen molar-refractivity contribution in [2.75, 3.05) is 32.8 Å². The fraction of sp³-hybridized carbons (Fsp3) is 0.583. The van der Waals surface area contributed by atoms with Crippen LogP contribution >= 0.6 is 0 Å². The molecule has 1 saturated heterocycles. The smallest absolute Gasteiger partial charge is 0.0629 e. The van der Waals surface area contributed by atoms with E-state index in [2.05, 4.69) is 15.2 Å². The molecule has 16 heavy (non-hydrogen) atoms. The molecule has 0 aromatic carbocycles. The molecule has 4 heteroatoms. The lowest BCUT2D eigenvalue weighted by molar-refractivity contribution is 0.129. The minimum absolute atomic E-state index is 0.0913. The number of nitrogens with one attached hydrogen (secondary N) is 1. The van der Waals surface area contributed by atoms with Crippen molar-refractivity contribution in [2.45, 2.75) is 12.5 Å². The predicted octanol–water partition coefficient (Wildman–Crippen LogP) is 0.410. The summed E-state index contributed by atoms with van der Waals surface area (Å²) in [6.45, 7) is 4.25. The molecule has 1 aliphatic rings. The van der Waals surface area contributed by atoms with Gasteiger partial charge in [0.1, 0.15) is 0 Å². The van der Waals surface area contributed by atoms with Gasteiger partial charge in [-0.2, -0.15) is 0 Å². The molecule has 0 saturated carbocycles. The number of rotatable bonds is 3. The van der Waals surface area contributed by atoms with Crippen LogP contribution < -0.4 is 5.32 Å². The van der Waals surface area contributed by atoms with E-state index < -0.39 is 0 Å². The third kappa shape index (κ3) is 2.78. The van der Waals surface area contributed by atoms with Gasteiger partial charge >= 0.3 is 0 Å². The van der Waals surface area contributed by atoms with E-state index in [1.165, 1.54) is 0 Å². The second-order valence-electron chi connectivity index (χ2n) is 4.12. The van der Waals surface area contributed by atoms with Crippen LogP contribution in [0.4, 0.5) is 0 Å². The lowest BCUT2D eigenvalue weighted by atomic mass is 10.1. The standard InChI is InChI=1S/C12H19N3O/c16-10-12(11-3-1-4-14-9-11)15-7-2-5-13-6-8-15/h1,3-4,9,12-13,16H,2,5-8,10H2. The van der Waals surface area contributed by atoms with Crippen molar-refractivity contribution in [2.24, 2.45) is 0 Å². The Morgan fingerprint density at radius 2 is 2.38 bits per heavy atom. The predicted molar refractivity (Wildman–Crippen MR) is 63.1 cm³/mol. The average Bonchev–Trinajstić information content (AvgIpc) is 2.61. The molecule has 1 aliphatic heterocycles. The first-order valence-corrected chi connectivity index (χ1v) is 5.87. The van der Waals surface area contributed by atoms with E-state index in [0.717, 1.165) is 38.2 Å². The third-order valence-electron chi connectivity index (χ3n) is 3.06. The summed E-state index contributed by atoms with van der Waals surface area (Å²) >= 11 is 0. The van der Waals surface area contributed by atoms with Crippen molar-refractivity contribution in [3.8, 4) is 0 Å². The first-order valence-electron chi connectivity index (χ1n) is 5.87. The van der Waals surface area contributed by atoms with E-state index in [-0.39, 0.29) is 12.6 Å². The minimum Gasteiger partial charge on any atom is -0.394 e. The van der Waals surface area contributed by atoms with Crippen molar-refractivity contribution in [3.63, 3.8) is 0 Å². The van der Waals surface area contributed by atoms with Crippen LogP contribution in [-0.4, -0.2) is 47.8 Å². The molecule has 2 rings (SSSR count). The average molecular weight is 221 g/mol. The van der Waals surface area contributed by atoms with E-state index in [9.17, 15) is 5.11 Å². The maximum absolute atomic E-state index is 9.53. The lowest BCUT2D eigenvalue weighted by Crippen LogP contribution is -2.34. The number of hydrogen-bond donors (Lipinski definition) is 2. The number of nitrogens with zero attached hydrogens (tertiary/aromatic N) is 2. The zero-order valence-corrected chi connectivity index (χ0v) is 9.47. The van der Waals surface area contributed by atoms with Gasteiger partial charge in [-0.15, -0.1) is 0 Å². The number of hydrogen-bond acceptors (Lipinski definition) is 4. The minimum atomic E-state index is 0.0913. The van der Waals surface area contributed by atoms with E-state index in [1.807, 2.05) is 18.3 Å². The number of aliphatic hydroxyl groups is 1. The van der Waals surface area contributed by atoms with Crippen LogP contribution in [0, 0.1) is 0 Å². The Morgan fingerprint density at radius 3 is 3.12 bits per heavy atom. The van der Waals surface area contributed by atoms with Crippen molar-refractivity contribution < 1.29 is 5.11 Å². The second-order valence-corrected chi connectivity index (χ2v) is 4.12. The summed E-state index contributed by atoms with van der Waals surface area (Å²) < 4.78 is 0. The molecule has 1 atom stereocenters. The van der Waals surface area contributed by atoms with Crippen molar-refractivity contribution in [1.29, 1.82) is 0 Å². The van der Waals surface area contributed by atoms with Crippen LogP contribution in [0.3, 0.4) is 0 Å². The summed E-state index contributed by atoms with van der Waals surface area (Å²) in [5.74, 6) is 0. The fourth-order valence-electron chi connectivity index (χ4n) is 2.18. The fourth-order valence-corrected chi connectivity index (χ4v) is 2.18. The van der Waals surface area contributed by atoms with Gasteiger partial charge in [0.2, 0.25) is 0 Å². The van der Waals surface area contributed by atoms with Gasteiger partial charge in [-0.25, -0.2) is 0 Å². The number of aliphatic hydroxyl groups excluding tert-OH is 1. The van der Waals surface area contributed by atoms with Gasteiger partial charge in [-0.05, 0) is 24.6 Å². The van der Waals surface area contributed by atoms with E-state index >= 15 is 0 Å². The summed E-state index contributed by atoms with van der Waals surface area (Å²) in [5.41, 5.74) is 1.10. The van der Waals surface area contributed by atoms with Crippen LogP contribution in [0.25, 0.3) is 0 Å². The quantitative estimate of drug-likeness (QED) is 0.776. The molecule has 1 unspecified atom stereocenters.